The number of amides is 2. The summed E-state index contributed by atoms with van der Waals surface area (Å²) in [6.07, 6.45) is -0.492. The lowest BCUT2D eigenvalue weighted by Gasteiger charge is -2.06. The molecule has 0 fully saturated rings. The zero-order valence-electron chi connectivity index (χ0n) is 8.31. The molecule has 86 valence electrons. The SMILES string of the molecule is CC1=C(CC(C(=O)O)C(=O)O)C(=O)NC1=O. The van der Waals surface area contributed by atoms with Crippen LogP contribution in [0.1, 0.15) is 13.3 Å². The fourth-order valence-corrected chi connectivity index (χ4v) is 1.31. The second-order valence-corrected chi connectivity index (χ2v) is 3.32. The second kappa shape index (κ2) is 4.13. The lowest BCUT2D eigenvalue weighted by Crippen LogP contribution is -2.27. The Morgan fingerprint density at radius 3 is 2.00 bits per heavy atom. The van der Waals surface area contributed by atoms with E-state index in [-0.39, 0.29) is 11.1 Å². The molecule has 0 radical (unpaired) electrons. The standard InChI is InChI=1S/C9H9NO6/c1-3-4(7(12)10-6(3)11)2-5(8(13)14)9(15)16/h5H,2H2,1H3,(H,13,14)(H,15,16)(H,10,11,12). The van der Waals surface area contributed by atoms with Crippen molar-refractivity contribution in [2.45, 2.75) is 13.3 Å². The van der Waals surface area contributed by atoms with Crippen molar-refractivity contribution in [3.05, 3.63) is 11.1 Å². The Morgan fingerprint density at radius 1 is 1.19 bits per heavy atom. The molecule has 0 aliphatic carbocycles. The molecular formula is C9H9NO6. The summed E-state index contributed by atoms with van der Waals surface area (Å²) < 4.78 is 0. The molecule has 0 saturated heterocycles. The van der Waals surface area contributed by atoms with Crippen molar-refractivity contribution in [3.63, 3.8) is 0 Å². The summed E-state index contributed by atoms with van der Waals surface area (Å²) in [7, 11) is 0. The summed E-state index contributed by atoms with van der Waals surface area (Å²) >= 11 is 0. The van der Waals surface area contributed by atoms with Gasteiger partial charge in [-0.15, -0.1) is 0 Å². The van der Waals surface area contributed by atoms with E-state index in [1.165, 1.54) is 6.92 Å². The van der Waals surface area contributed by atoms with Gasteiger partial charge in [0.2, 0.25) is 0 Å². The number of rotatable bonds is 4. The van der Waals surface area contributed by atoms with E-state index < -0.39 is 36.1 Å². The third-order valence-electron chi connectivity index (χ3n) is 2.30. The molecule has 1 rings (SSSR count). The largest absolute Gasteiger partial charge is 0.481 e. The summed E-state index contributed by atoms with van der Waals surface area (Å²) in [5.74, 6) is -6.15. The molecular weight excluding hydrogens is 218 g/mol. The first-order valence-corrected chi connectivity index (χ1v) is 4.35. The maximum Gasteiger partial charge on any atom is 0.318 e. The molecule has 0 aromatic carbocycles. The minimum Gasteiger partial charge on any atom is -0.481 e. The van der Waals surface area contributed by atoms with E-state index in [4.69, 9.17) is 10.2 Å². The lowest BCUT2D eigenvalue weighted by atomic mass is 9.97. The van der Waals surface area contributed by atoms with E-state index in [1.54, 1.807) is 0 Å². The van der Waals surface area contributed by atoms with Crippen LogP contribution in [0.15, 0.2) is 11.1 Å². The molecule has 0 aromatic heterocycles. The Balaban J connectivity index is 2.96. The lowest BCUT2D eigenvalue weighted by molar-refractivity contribution is -0.154. The summed E-state index contributed by atoms with van der Waals surface area (Å²) in [4.78, 5) is 43.4. The van der Waals surface area contributed by atoms with E-state index in [1.807, 2.05) is 5.32 Å². The van der Waals surface area contributed by atoms with Crippen LogP contribution in [0.5, 0.6) is 0 Å². The van der Waals surface area contributed by atoms with Gasteiger partial charge in [0, 0.05) is 17.6 Å². The van der Waals surface area contributed by atoms with Crippen molar-refractivity contribution >= 4 is 23.8 Å². The Morgan fingerprint density at radius 2 is 1.69 bits per heavy atom. The van der Waals surface area contributed by atoms with E-state index in [2.05, 4.69) is 0 Å². The van der Waals surface area contributed by atoms with Gasteiger partial charge in [0.15, 0.2) is 5.92 Å². The molecule has 0 bridgehead atoms. The highest BCUT2D eigenvalue weighted by atomic mass is 16.4. The van der Waals surface area contributed by atoms with Crippen LogP contribution >= 0.6 is 0 Å². The van der Waals surface area contributed by atoms with Gasteiger partial charge in [-0.25, -0.2) is 0 Å². The van der Waals surface area contributed by atoms with Crippen molar-refractivity contribution < 1.29 is 29.4 Å². The average molecular weight is 227 g/mol. The second-order valence-electron chi connectivity index (χ2n) is 3.32. The third-order valence-corrected chi connectivity index (χ3v) is 2.30. The Labute approximate surface area is 89.7 Å². The van der Waals surface area contributed by atoms with Crippen LogP contribution < -0.4 is 5.32 Å². The number of aliphatic carboxylic acids is 2. The zero-order valence-corrected chi connectivity index (χ0v) is 8.31. The molecule has 1 aliphatic heterocycles. The van der Waals surface area contributed by atoms with Crippen LogP contribution in [0, 0.1) is 5.92 Å². The van der Waals surface area contributed by atoms with Crippen LogP contribution in [0.25, 0.3) is 0 Å². The maximum atomic E-state index is 11.2. The maximum absolute atomic E-state index is 11.2. The van der Waals surface area contributed by atoms with Crippen molar-refractivity contribution in [2.75, 3.05) is 0 Å². The number of nitrogens with one attached hydrogen (secondary N) is 1. The number of carbonyl (C=O) groups excluding carboxylic acids is 2. The van der Waals surface area contributed by atoms with E-state index in [0.29, 0.717) is 0 Å². The number of carbonyl (C=O) groups is 4. The minimum atomic E-state index is -1.72. The topological polar surface area (TPSA) is 121 Å². The van der Waals surface area contributed by atoms with Crippen LogP contribution in [-0.2, 0) is 19.2 Å². The molecule has 7 nitrogen and oxygen atoms in total. The molecule has 1 aliphatic rings. The first-order chi connectivity index (χ1) is 7.34. The van der Waals surface area contributed by atoms with E-state index >= 15 is 0 Å². The van der Waals surface area contributed by atoms with Gasteiger partial charge >= 0.3 is 11.9 Å². The van der Waals surface area contributed by atoms with Gasteiger partial charge in [0.05, 0.1) is 0 Å². The van der Waals surface area contributed by atoms with Gasteiger partial charge in [-0.1, -0.05) is 0 Å². The number of carboxylic acids is 2. The number of hydrogen-bond donors (Lipinski definition) is 3. The predicted molar refractivity (Wildman–Crippen MR) is 49.2 cm³/mol. The fourth-order valence-electron chi connectivity index (χ4n) is 1.31. The van der Waals surface area contributed by atoms with Crippen LogP contribution in [0.2, 0.25) is 0 Å². The third kappa shape index (κ3) is 2.08. The summed E-state index contributed by atoms with van der Waals surface area (Å²) in [5, 5.41) is 19.2. The summed E-state index contributed by atoms with van der Waals surface area (Å²) in [5.41, 5.74) is -0.0164. The molecule has 0 aromatic rings. The highest BCUT2D eigenvalue weighted by Gasteiger charge is 2.34. The smallest absolute Gasteiger partial charge is 0.318 e. The fraction of sp³-hybridized carbons (Fsp3) is 0.333. The Bertz CT molecular complexity index is 408. The molecule has 0 unspecified atom stereocenters. The van der Waals surface area contributed by atoms with Crippen LogP contribution in [0.4, 0.5) is 0 Å². The Hall–Kier alpha value is -2.18. The normalized spacial score (nSPS) is 15.6. The van der Waals surface area contributed by atoms with Crippen molar-refractivity contribution in [1.29, 1.82) is 0 Å². The molecule has 7 heteroatoms. The molecule has 0 spiro atoms. The monoisotopic (exact) mass is 227 g/mol. The number of imide groups is 1. The highest BCUT2D eigenvalue weighted by molar-refractivity contribution is 6.19. The van der Waals surface area contributed by atoms with E-state index in [0.717, 1.165) is 0 Å². The van der Waals surface area contributed by atoms with Crippen molar-refractivity contribution in [3.8, 4) is 0 Å². The number of carboxylic acid groups (broad SMARTS) is 2. The molecule has 2 amide bonds. The summed E-state index contributed by atoms with van der Waals surface area (Å²) in [6.45, 7) is 1.34. The van der Waals surface area contributed by atoms with Gasteiger partial charge in [-0.2, -0.15) is 0 Å². The van der Waals surface area contributed by atoms with Gasteiger partial charge in [-0.3, -0.25) is 24.5 Å². The Kier molecular flexibility index (Phi) is 3.07. The molecule has 1 heterocycles. The van der Waals surface area contributed by atoms with Gasteiger partial charge < -0.3 is 10.2 Å². The van der Waals surface area contributed by atoms with Gasteiger partial charge in [0.25, 0.3) is 11.8 Å². The van der Waals surface area contributed by atoms with Crippen LogP contribution in [0.3, 0.4) is 0 Å². The predicted octanol–water partition coefficient (Wildman–Crippen LogP) is -0.865. The molecule has 0 atom stereocenters. The number of hydrogen-bond acceptors (Lipinski definition) is 4. The first-order valence-electron chi connectivity index (χ1n) is 4.35. The van der Waals surface area contributed by atoms with Gasteiger partial charge in [-0.05, 0) is 6.92 Å². The molecule has 16 heavy (non-hydrogen) atoms. The quantitative estimate of drug-likeness (QED) is 0.424. The molecule has 3 N–H and O–H groups in total. The van der Waals surface area contributed by atoms with Crippen molar-refractivity contribution in [1.82, 2.24) is 5.32 Å². The van der Waals surface area contributed by atoms with Crippen molar-refractivity contribution in [2.24, 2.45) is 5.92 Å². The summed E-state index contributed by atoms with van der Waals surface area (Å²) in [6, 6.07) is 0. The average Bonchev–Trinajstić information content (AvgIpc) is 2.38. The van der Waals surface area contributed by atoms with Gasteiger partial charge in [0.1, 0.15) is 0 Å². The van der Waals surface area contributed by atoms with Crippen LogP contribution in [-0.4, -0.2) is 34.0 Å². The minimum absolute atomic E-state index is 0.0671. The van der Waals surface area contributed by atoms with E-state index in [9.17, 15) is 19.2 Å². The zero-order chi connectivity index (χ0) is 12.5. The highest BCUT2D eigenvalue weighted by Crippen LogP contribution is 2.20. The molecule has 0 saturated carbocycles. The first kappa shape index (κ1) is 11.9.